The van der Waals surface area contributed by atoms with Crippen LogP contribution in [0.5, 0.6) is 0 Å². The van der Waals surface area contributed by atoms with Gasteiger partial charge in [-0.15, -0.1) is 0 Å². The van der Waals surface area contributed by atoms with E-state index >= 15 is 0 Å². The number of benzene rings is 1. The Morgan fingerprint density at radius 1 is 1.30 bits per heavy atom. The molecule has 0 amide bonds. The van der Waals surface area contributed by atoms with Gasteiger partial charge in [0.1, 0.15) is 0 Å². The molecule has 0 radical (unpaired) electrons. The highest BCUT2D eigenvalue weighted by Gasteiger charge is 2.34. The summed E-state index contributed by atoms with van der Waals surface area (Å²) in [6.45, 7) is 4.40. The Hall–Kier alpha value is -1.39. The second-order valence-electron chi connectivity index (χ2n) is 6.22. The van der Waals surface area contributed by atoms with E-state index in [1.807, 2.05) is 11.7 Å². The highest BCUT2D eigenvalue weighted by molar-refractivity contribution is 5.81. The summed E-state index contributed by atoms with van der Waals surface area (Å²) in [7, 11) is 2.04. The first-order valence-electron chi connectivity index (χ1n) is 7.67. The highest BCUT2D eigenvalue weighted by Crippen LogP contribution is 2.34. The zero-order valence-electron chi connectivity index (χ0n) is 12.0. The highest BCUT2D eigenvalue weighted by atomic mass is 15.3. The standard InChI is InChI=1S/C16H22N4/c1-19-16-5-3-2-4-13(16)15(18-19)11-20-9-8-17-14(10-20)12-6-7-12/h2-5,12,14,17H,6-11H2,1H3. The van der Waals surface area contributed by atoms with Gasteiger partial charge in [0, 0.05) is 44.7 Å². The van der Waals surface area contributed by atoms with Crippen LogP contribution in [0.4, 0.5) is 0 Å². The van der Waals surface area contributed by atoms with E-state index in [-0.39, 0.29) is 0 Å². The molecule has 2 heterocycles. The molecule has 1 aliphatic carbocycles. The van der Waals surface area contributed by atoms with Crippen LogP contribution in [-0.4, -0.2) is 40.4 Å². The predicted molar refractivity (Wildman–Crippen MR) is 80.5 cm³/mol. The molecule has 2 aliphatic rings. The van der Waals surface area contributed by atoms with Crippen LogP contribution in [0, 0.1) is 5.92 Å². The molecule has 0 spiro atoms. The zero-order chi connectivity index (χ0) is 13.5. The zero-order valence-corrected chi connectivity index (χ0v) is 12.0. The van der Waals surface area contributed by atoms with Gasteiger partial charge in [-0.1, -0.05) is 18.2 Å². The maximum atomic E-state index is 4.72. The van der Waals surface area contributed by atoms with Crippen molar-refractivity contribution in [1.29, 1.82) is 0 Å². The molecule has 4 nitrogen and oxygen atoms in total. The summed E-state index contributed by atoms with van der Waals surface area (Å²) in [5.74, 6) is 0.929. The second-order valence-corrected chi connectivity index (χ2v) is 6.22. The molecule has 20 heavy (non-hydrogen) atoms. The van der Waals surface area contributed by atoms with Crippen molar-refractivity contribution in [1.82, 2.24) is 20.0 Å². The average Bonchev–Trinajstić information content (AvgIpc) is 3.27. The van der Waals surface area contributed by atoms with Gasteiger partial charge in [-0.05, 0) is 24.8 Å². The van der Waals surface area contributed by atoms with Gasteiger partial charge in [0.15, 0.2) is 0 Å². The van der Waals surface area contributed by atoms with E-state index in [0.717, 1.165) is 25.6 Å². The Bertz CT molecular complexity index is 614. The number of rotatable bonds is 3. The fourth-order valence-corrected chi connectivity index (χ4v) is 3.42. The van der Waals surface area contributed by atoms with Crippen LogP contribution >= 0.6 is 0 Å². The Morgan fingerprint density at radius 2 is 2.15 bits per heavy atom. The summed E-state index contributed by atoms with van der Waals surface area (Å²) in [5.41, 5.74) is 2.45. The Balaban J connectivity index is 1.54. The van der Waals surface area contributed by atoms with Crippen LogP contribution in [0.2, 0.25) is 0 Å². The van der Waals surface area contributed by atoms with Crippen molar-refractivity contribution < 1.29 is 0 Å². The van der Waals surface area contributed by atoms with Gasteiger partial charge in [-0.3, -0.25) is 9.58 Å². The third kappa shape index (κ3) is 2.23. The van der Waals surface area contributed by atoms with E-state index in [9.17, 15) is 0 Å². The Morgan fingerprint density at radius 3 is 3.00 bits per heavy atom. The van der Waals surface area contributed by atoms with Crippen LogP contribution in [-0.2, 0) is 13.6 Å². The average molecular weight is 270 g/mol. The Kier molecular flexibility index (Phi) is 3.00. The second kappa shape index (κ2) is 4.86. The molecular formula is C16H22N4. The fraction of sp³-hybridized carbons (Fsp3) is 0.562. The van der Waals surface area contributed by atoms with E-state index in [0.29, 0.717) is 6.04 Å². The van der Waals surface area contributed by atoms with Crippen molar-refractivity contribution in [3.05, 3.63) is 30.0 Å². The molecule has 4 rings (SSSR count). The van der Waals surface area contributed by atoms with Crippen molar-refractivity contribution in [2.75, 3.05) is 19.6 Å². The van der Waals surface area contributed by atoms with Crippen molar-refractivity contribution >= 4 is 10.9 Å². The molecule has 1 saturated carbocycles. The summed E-state index contributed by atoms with van der Waals surface area (Å²) in [6.07, 6.45) is 2.83. The van der Waals surface area contributed by atoms with Gasteiger partial charge in [-0.2, -0.15) is 5.10 Å². The summed E-state index contributed by atoms with van der Waals surface area (Å²) >= 11 is 0. The third-order valence-electron chi connectivity index (χ3n) is 4.69. The van der Waals surface area contributed by atoms with Crippen molar-refractivity contribution in [3.8, 4) is 0 Å². The fourth-order valence-electron chi connectivity index (χ4n) is 3.42. The van der Waals surface area contributed by atoms with E-state index < -0.39 is 0 Å². The van der Waals surface area contributed by atoms with E-state index in [1.54, 1.807) is 0 Å². The van der Waals surface area contributed by atoms with Crippen LogP contribution in [0.3, 0.4) is 0 Å². The minimum atomic E-state index is 0.707. The molecule has 1 aromatic carbocycles. The molecule has 106 valence electrons. The summed E-state index contributed by atoms with van der Waals surface area (Å²) in [6, 6.07) is 9.24. The normalized spacial score (nSPS) is 24.4. The van der Waals surface area contributed by atoms with Gasteiger partial charge in [0.25, 0.3) is 0 Å². The summed E-state index contributed by atoms with van der Waals surface area (Å²) in [4.78, 5) is 2.56. The predicted octanol–water partition coefficient (Wildman–Crippen LogP) is 1.76. The first-order chi connectivity index (χ1) is 9.81. The van der Waals surface area contributed by atoms with Crippen LogP contribution < -0.4 is 5.32 Å². The monoisotopic (exact) mass is 270 g/mol. The van der Waals surface area contributed by atoms with E-state index in [2.05, 4.69) is 34.5 Å². The lowest BCUT2D eigenvalue weighted by Crippen LogP contribution is -2.51. The van der Waals surface area contributed by atoms with Crippen LogP contribution in [0.1, 0.15) is 18.5 Å². The first kappa shape index (κ1) is 12.4. The number of hydrogen-bond donors (Lipinski definition) is 1. The molecular weight excluding hydrogens is 248 g/mol. The molecule has 2 fully saturated rings. The quantitative estimate of drug-likeness (QED) is 0.922. The van der Waals surface area contributed by atoms with Gasteiger partial charge >= 0.3 is 0 Å². The van der Waals surface area contributed by atoms with Gasteiger partial charge in [-0.25, -0.2) is 0 Å². The van der Waals surface area contributed by atoms with Crippen molar-refractivity contribution in [2.24, 2.45) is 13.0 Å². The smallest absolute Gasteiger partial charge is 0.0843 e. The molecule has 2 aromatic rings. The number of piperazine rings is 1. The number of para-hydroxylation sites is 1. The number of aryl methyl sites for hydroxylation is 1. The molecule has 1 N–H and O–H groups in total. The third-order valence-corrected chi connectivity index (χ3v) is 4.69. The van der Waals surface area contributed by atoms with Crippen LogP contribution in [0.25, 0.3) is 10.9 Å². The maximum Gasteiger partial charge on any atom is 0.0843 e. The minimum absolute atomic E-state index is 0.707. The topological polar surface area (TPSA) is 33.1 Å². The van der Waals surface area contributed by atoms with Crippen molar-refractivity contribution in [2.45, 2.75) is 25.4 Å². The number of nitrogens with one attached hydrogen (secondary N) is 1. The molecule has 1 aromatic heterocycles. The number of fused-ring (bicyclic) bond motifs is 1. The summed E-state index contributed by atoms with van der Waals surface area (Å²) in [5, 5.41) is 9.70. The minimum Gasteiger partial charge on any atom is -0.311 e. The van der Waals surface area contributed by atoms with Crippen molar-refractivity contribution in [3.63, 3.8) is 0 Å². The van der Waals surface area contributed by atoms with E-state index in [4.69, 9.17) is 5.10 Å². The molecule has 1 atom stereocenters. The lowest BCUT2D eigenvalue weighted by Gasteiger charge is -2.33. The lowest BCUT2D eigenvalue weighted by atomic mass is 10.1. The van der Waals surface area contributed by atoms with Gasteiger partial charge in [0.2, 0.25) is 0 Å². The number of nitrogens with zero attached hydrogens (tertiary/aromatic N) is 3. The maximum absolute atomic E-state index is 4.72. The lowest BCUT2D eigenvalue weighted by molar-refractivity contribution is 0.180. The van der Waals surface area contributed by atoms with Gasteiger partial charge < -0.3 is 5.32 Å². The molecule has 1 aliphatic heterocycles. The van der Waals surface area contributed by atoms with E-state index in [1.165, 1.54) is 36.0 Å². The molecule has 4 heteroatoms. The van der Waals surface area contributed by atoms with Crippen LogP contribution in [0.15, 0.2) is 24.3 Å². The Labute approximate surface area is 119 Å². The number of hydrogen-bond acceptors (Lipinski definition) is 3. The summed E-state index contributed by atoms with van der Waals surface area (Å²) < 4.78 is 2.01. The number of aromatic nitrogens is 2. The van der Waals surface area contributed by atoms with Gasteiger partial charge in [0.05, 0.1) is 11.2 Å². The largest absolute Gasteiger partial charge is 0.311 e. The molecule has 1 saturated heterocycles. The first-order valence-corrected chi connectivity index (χ1v) is 7.67. The molecule has 0 bridgehead atoms. The SMILES string of the molecule is Cn1nc(CN2CCNC(C3CC3)C2)c2ccccc21. The molecule has 1 unspecified atom stereocenters.